The molecule has 2 aliphatic rings. The maximum atomic E-state index is 12.9. The Morgan fingerprint density at radius 2 is 1.89 bits per heavy atom. The van der Waals surface area contributed by atoms with Crippen LogP contribution in [0.1, 0.15) is 22.5 Å². The second kappa shape index (κ2) is 6.84. The number of carbonyl (C=O) groups excluding carboxylic acids is 1. The quantitative estimate of drug-likeness (QED) is 0.756. The van der Waals surface area contributed by atoms with Crippen LogP contribution in [0, 0.1) is 0 Å². The summed E-state index contributed by atoms with van der Waals surface area (Å²) in [5, 5.41) is 11.5. The Morgan fingerprint density at radius 1 is 1.00 bits per heavy atom. The zero-order valence-corrected chi connectivity index (χ0v) is 15.1. The Bertz CT molecular complexity index is 1040. The second-order valence-electron chi connectivity index (χ2n) is 6.69. The molecular weight excluding hydrogens is 356 g/mol. The molecule has 2 aliphatic heterocycles. The highest BCUT2D eigenvalue weighted by Gasteiger charge is 2.24. The molecule has 140 valence electrons. The van der Waals surface area contributed by atoms with Crippen molar-refractivity contribution in [1.29, 1.82) is 0 Å². The van der Waals surface area contributed by atoms with Gasteiger partial charge in [-0.05, 0) is 48.7 Å². The van der Waals surface area contributed by atoms with Gasteiger partial charge in [-0.3, -0.25) is 4.79 Å². The van der Waals surface area contributed by atoms with Crippen molar-refractivity contribution in [3.8, 4) is 11.5 Å². The molecule has 0 bridgehead atoms. The lowest BCUT2D eigenvalue weighted by Gasteiger charge is -2.29. The van der Waals surface area contributed by atoms with Crippen LogP contribution in [0.4, 0.5) is 17.2 Å². The summed E-state index contributed by atoms with van der Waals surface area (Å²) in [6, 6.07) is 17.0. The van der Waals surface area contributed by atoms with Crippen molar-refractivity contribution in [3.05, 3.63) is 65.9 Å². The number of benzene rings is 2. The van der Waals surface area contributed by atoms with E-state index in [-0.39, 0.29) is 12.7 Å². The van der Waals surface area contributed by atoms with Crippen LogP contribution in [0.25, 0.3) is 0 Å². The summed E-state index contributed by atoms with van der Waals surface area (Å²) < 4.78 is 10.7. The number of hydrogen-bond donors (Lipinski definition) is 1. The Balaban J connectivity index is 1.33. The molecule has 0 spiro atoms. The minimum Gasteiger partial charge on any atom is -0.454 e. The molecule has 3 aromatic rings. The van der Waals surface area contributed by atoms with E-state index in [1.807, 2.05) is 36.4 Å². The van der Waals surface area contributed by atoms with E-state index < -0.39 is 0 Å². The molecule has 0 aliphatic carbocycles. The first-order chi connectivity index (χ1) is 13.8. The fourth-order valence-electron chi connectivity index (χ4n) is 3.52. The lowest BCUT2D eigenvalue weighted by atomic mass is 10.0. The Kier molecular flexibility index (Phi) is 4.05. The van der Waals surface area contributed by atoms with Crippen LogP contribution < -0.4 is 19.7 Å². The first kappa shape index (κ1) is 16.6. The summed E-state index contributed by atoms with van der Waals surface area (Å²) in [4.78, 5) is 14.7. The number of aryl methyl sites for hydroxylation is 1. The van der Waals surface area contributed by atoms with E-state index in [2.05, 4.69) is 21.6 Å². The monoisotopic (exact) mass is 374 g/mol. The predicted octanol–water partition coefficient (Wildman–Crippen LogP) is 3.54. The molecule has 1 amide bonds. The average Bonchev–Trinajstić information content (AvgIpc) is 3.21. The smallest absolute Gasteiger partial charge is 0.278 e. The number of nitrogens with one attached hydrogen (secondary N) is 1. The molecule has 0 saturated heterocycles. The predicted molar refractivity (Wildman–Crippen MR) is 104 cm³/mol. The molecule has 0 unspecified atom stereocenters. The number of aromatic nitrogens is 2. The molecule has 3 heterocycles. The minimum absolute atomic E-state index is 0.130. The van der Waals surface area contributed by atoms with Gasteiger partial charge >= 0.3 is 0 Å². The third kappa shape index (κ3) is 3.00. The highest BCUT2D eigenvalue weighted by atomic mass is 16.7. The molecule has 2 aromatic carbocycles. The van der Waals surface area contributed by atoms with E-state index in [0.29, 0.717) is 23.8 Å². The van der Waals surface area contributed by atoms with Crippen LogP contribution in [-0.4, -0.2) is 29.4 Å². The third-order valence-corrected chi connectivity index (χ3v) is 4.88. The van der Waals surface area contributed by atoms with Crippen LogP contribution in [-0.2, 0) is 6.42 Å². The third-order valence-electron chi connectivity index (χ3n) is 4.88. The molecule has 5 rings (SSSR count). The normalized spacial score (nSPS) is 14.5. The zero-order chi connectivity index (χ0) is 18.9. The number of anilines is 3. The van der Waals surface area contributed by atoms with E-state index in [9.17, 15) is 4.79 Å². The lowest BCUT2D eigenvalue weighted by Crippen LogP contribution is -2.36. The molecule has 7 heteroatoms. The molecule has 0 saturated carbocycles. The van der Waals surface area contributed by atoms with Crippen LogP contribution in [0.5, 0.6) is 11.5 Å². The fraction of sp³-hybridized carbons (Fsp3) is 0.190. The average molecular weight is 374 g/mol. The second-order valence-corrected chi connectivity index (χ2v) is 6.69. The minimum atomic E-state index is -0.130. The van der Waals surface area contributed by atoms with Gasteiger partial charge in [0.15, 0.2) is 23.0 Å². The zero-order valence-electron chi connectivity index (χ0n) is 15.1. The van der Waals surface area contributed by atoms with E-state index in [4.69, 9.17) is 9.47 Å². The number of amides is 1. The van der Waals surface area contributed by atoms with Gasteiger partial charge in [0.1, 0.15) is 0 Å². The van der Waals surface area contributed by atoms with Gasteiger partial charge in [-0.1, -0.05) is 18.2 Å². The van der Waals surface area contributed by atoms with Crippen molar-refractivity contribution in [1.82, 2.24) is 10.2 Å². The van der Waals surface area contributed by atoms with Crippen molar-refractivity contribution in [2.75, 3.05) is 23.6 Å². The molecule has 0 radical (unpaired) electrons. The topological polar surface area (TPSA) is 76.6 Å². The molecule has 0 fully saturated rings. The lowest BCUT2D eigenvalue weighted by molar-refractivity contribution is 0.0979. The summed E-state index contributed by atoms with van der Waals surface area (Å²) in [7, 11) is 0. The number of para-hydroxylation sites is 1. The largest absolute Gasteiger partial charge is 0.454 e. The SMILES string of the molecule is O=C(c1ccc(Nc2ccc3c(c2)OCO3)nn1)N1CCCc2ccccc21. The fourth-order valence-corrected chi connectivity index (χ4v) is 3.52. The van der Waals surface area contributed by atoms with Gasteiger partial charge < -0.3 is 19.7 Å². The summed E-state index contributed by atoms with van der Waals surface area (Å²) in [6.07, 6.45) is 1.93. The molecule has 28 heavy (non-hydrogen) atoms. The summed E-state index contributed by atoms with van der Waals surface area (Å²) in [5.41, 5.74) is 3.29. The maximum Gasteiger partial charge on any atom is 0.278 e. The first-order valence-corrected chi connectivity index (χ1v) is 9.18. The van der Waals surface area contributed by atoms with Crippen LogP contribution in [0.15, 0.2) is 54.6 Å². The number of nitrogens with zero attached hydrogens (tertiary/aromatic N) is 3. The summed E-state index contributed by atoms with van der Waals surface area (Å²) in [6.45, 7) is 0.920. The standard InChI is InChI=1S/C21H18N4O3/c26-21(25-11-3-5-14-4-1-2-6-17(14)25)16-8-10-20(24-23-16)22-15-7-9-18-19(12-15)28-13-27-18/h1-2,4,6-10,12H,3,5,11,13H2,(H,22,24). The van der Waals surface area contributed by atoms with Gasteiger partial charge in [-0.15, -0.1) is 10.2 Å². The van der Waals surface area contributed by atoms with Crippen LogP contribution in [0.2, 0.25) is 0 Å². The molecular formula is C21H18N4O3. The van der Waals surface area contributed by atoms with Crippen molar-refractivity contribution >= 4 is 23.1 Å². The number of hydrogen-bond acceptors (Lipinski definition) is 6. The summed E-state index contributed by atoms with van der Waals surface area (Å²) in [5.74, 6) is 1.83. The molecule has 1 N–H and O–H groups in total. The van der Waals surface area contributed by atoms with Crippen molar-refractivity contribution < 1.29 is 14.3 Å². The van der Waals surface area contributed by atoms with Crippen molar-refractivity contribution in [2.24, 2.45) is 0 Å². The summed E-state index contributed by atoms with van der Waals surface area (Å²) >= 11 is 0. The van der Waals surface area contributed by atoms with Gasteiger partial charge in [0, 0.05) is 24.0 Å². The Labute approximate surface area is 161 Å². The van der Waals surface area contributed by atoms with Crippen molar-refractivity contribution in [3.63, 3.8) is 0 Å². The van der Waals surface area contributed by atoms with Gasteiger partial charge in [0.05, 0.1) is 0 Å². The van der Waals surface area contributed by atoms with Crippen LogP contribution >= 0.6 is 0 Å². The van der Waals surface area contributed by atoms with Crippen LogP contribution in [0.3, 0.4) is 0 Å². The van der Waals surface area contributed by atoms with E-state index in [0.717, 1.165) is 30.0 Å². The highest BCUT2D eigenvalue weighted by molar-refractivity contribution is 6.05. The number of fused-ring (bicyclic) bond motifs is 2. The molecule has 0 atom stereocenters. The number of rotatable bonds is 3. The maximum absolute atomic E-state index is 12.9. The number of carbonyl (C=O) groups is 1. The van der Waals surface area contributed by atoms with Gasteiger partial charge in [0.25, 0.3) is 5.91 Å². The van der Waals surface area contributed by atoms with Gasteiger partial charge in [0.2, 0.25) is 6.79 Å². The van der Waals surface area contributed by atoms with Gasteiger partial charge in [-0.25, -0.2) is 0 Å². The van der Waals surface area contributed by atoms with Crippen molar-refractivity contribution in [2.45, 2.75) is 12.8 Å². The highest BCUT2D eigenvalue weighted by Crippen LogP contribution is 2.35. The number of ether oxygens (including phenoxy) is 2. The van der Waals surface area contributed by atoms with E-state index in [1.165, 1.54) is 5.56 Å². The molecule has 1 aromatic heterocycles. The molecule has 7 nitrogen and oxygen atoms in total. The van der Waals surface area contributed by atoms with E-state index >= 15 is 0 Å². The van der Waals surface area contributed by atoms with Gasteiger partial charge in [-0.2, -0.15) is 0 Å². The Hall–Kier alpha value is -3.61. The first-order valence-electron chi connectivity index (χ1n) is 9.18. The van der Waals surface area contributed by atoms with E-state index in [1.54, 1.807) is 17.0 Å². The Morgan fingerprint density at radius 3 is 2.79 bits per heavy atom.